The van der Waals surface area contributed by atoms with Gasteiger partial charge in [0.1, 0.15) is 5.76 Å². The Morgan fingerprint density at radius 3 is 2.50 bits per heavy atom. The van der Waals surface area contributed by atoms with Crippen LogP contribution in [0.25, 0.3) is 0 Å². The van der Waals surface area contributed by atoms with E-state index in [1.54, 1.807) is 0 Å². The average molecular weight is 491 g/mol. The predicted molar refractivity (Wildman–Crippen MR) is 119 cm³/mol. The predicted octanol–water partition coefficient (Wildman–Crippen LogP) is 4.46. The first-order valence-corrected chi connectivity index (χ1v) is 9.08. The summed E-state index contributed by atoms with van der Waals surface area (Å²) in [6.45, 7) is 10.5. The lowest BCUT2D eigenvalue weighted by atomic mass is 10.00. The lowest BCUT2D eigenvalue weighted by molar-refractivity contribution is 0.391. The highest BCUT2D eigenvalue weighted by atomic mass is 127. The zero-order valence-corrected chi connectivity index (χ0v) is 18.9. The SMILES string of the molecule is CCNC(=NCC(C)c1c(C)noc1C)NCCc1ccc(Cl)cc1.I. The lowest BCUT2D eigenvalue weighted by Crippen LogP contribution is -2.38. The van der Waals surface area contributed by atoms with Crippen molar-refractivity contribution in [2.24, 2.45) is 4.99 Å². The standard InChI is InChI=1S/C19H27ClN4O.HI/c1-5-21-19(22-11-10-16-6-8-17(20)9-7-16)23-12-13(2)18-14(3)24-25-15(18)4;/h6-9,13H,5,10-12H2,1-4H3,(H2,21,22,23);1H. The minimum absolute atomic E-state index is 0. The van der Waals surface area contributed by atoms with Crippen molar-refractivity contribution in [3.8, 4) is 0 Å². The van der Waals surface area contributed by atoms with Crippen LogP contribution in [0.2, 0.25) is 5.02 Å². The maximum Gasteiger partial charge on any atom is 0.191 e. The average Bonchev–Trinajstić information content (AvgIpc) is 2.93. The topological polar surface area (TPSA) is 62.5 Å². The molecule has 1 aromatic heterocycles. The minimum Gasteiger partial charge on any atom is -0.361 e. The van der Waals surface area contributed by atoms with Gasteiger partial charge in [0.2, 0.25) is 0 Å². The molecule has 2 N–H and O–H groups in total. The van der Waals surface area contributed by atoms with Gasteiger partial charge in [-0.25, -0.2) is 0 Å². The Kier molecular flexibility index (Phi) is 10.0. The van der Waals surface area contributed by atoms with E-state index < -0.39 is 0 Å². The van der Waals surface area contributed by atoms with Crippen LogP contribution in [0.15, 0.2) is 33.8 Å². The second kappa shape index (κ2) is 11.4. The van der Waals surface area contributed by atoms with Gasteiger partial charge in [-0.1, -0.05) is 35.8 Å². The summed E-state index contributed by atoms with van der Waals surface area (Å²) in [5.41, 5.74) is 3.35. The van der Waals surface area contributed by atoms with Crippen molar-refractivity contribution >= 4 is 41.5 Å². The van der Waals surface area contributed by atoms with E-state index >= 15 is 0 Å². The molecule has 0 radical (unpaired) electrons. The molecule has 2 rings (SSSR count). The molecule has 0 amide bonds. The first-order valence-electron chi connectivity index (χ1n) is 8.70. The van der Waals surface area contributed by atoms with E-state index in [2.05, 4.69) is 29.6 Å². The number of halogens is 2. The second-order valence-corrected chi connectivity index (χ2v) is 6.60. The lowest BCUT2D eigenvalue weighted by Gasteiger charge is -2.13. The molecule has 1 atom stereocenters. The highest BCUT2D eigenvalue weighted by Crippen LogP contribution is 2.23. The molecule has 1 unspecified atom stereocenters. The number of aromatic nitrogens is 1. The van der Waals surface area contributed by atoms with Crippen molar-refractivity contribution in [3.05, 3.63) is 51.9 Å². The van der Waals surface area contributed by atoms with Crippen molar-refractivity contribution in [2.75, 3.05) is 19.6 Å². The molecule has 26 heavy (non-hydrogen) atoms. The highest BCUT2D eigenvalue weighted by molar-refractivity contribution is 14.0. The smallest absolute Gasteiger partial charge is 0.191 e. The molecule has 2 aromatic rings. The molecule has 0 spiro atoms. The summed E-state index contributed by atoms with van der Waals surface area (Å²) in [5, 5.41) is 11.5. The number of nitrogens with zero attached hydrogens (tertiary/aromatic N) is 2. The van der Waals surface area contributed by atoms with Gasteiger partial charge in [-0.05, 0) is 44.9 Å². The molecule has 0 fully saturated rings. The number of hydrogen-bond acceptors (Lipinski definition) is 3. The van der Waals surface area contributed by atoms with Gasteiger partial charge in [-0.2, -0.15) is 0 Å². The number of aryl methyl sites for hydroxylation is 2. The minimum atomic E-state index is 0. The third-order valence-corrected chi connectivity index (χ3v) is 4.32. The van der Waals surface area contributed by atoms with Crippen LogP contribution in [0.4, 0.5) is 0 Å². The van der Waals surface area contributed by atoms with Crippen molar-refractivity contribution < 1.29 is 4.52 Å². The van der Waals surface area contributed by atoms with Gasteiger partial charge in [0.15, 0.2) is 5.96 Å². The Balaban J connectivity index is 0.00000338. The molecule has 0 bridgehead atoms. The quantitative estimate of drug-likeness (QED) is 0.342. The first-order chi connectivity index (χ1) is 12.0. The molecule has 7 heteroatoms. The van der Waals surface area contributed by atoms with Gasteiger partial charge >= 0.3 is 0 Å². The van der Waals surface area contributed by atoms with Crippen molar-refractivity contribution in [1.82, 2.24) is 15.8 Å². The van der Waals surface area contributed by atoms with Crippen molar-refractivity contribution in [2.45, 2.75) is 40.0 Å². The summed E-state index contributed by atoms with van der Waals surface area (Å²) >= 11 is 5.92. The summed E-state index contributed by atoms with van der Waals surface area (Å²) in [4.78, 5) is 4.70. The van der Waals surface area contributed by atoms with E-state index in [1.165, 1.54) is 5.56 Å². The third-order valence-electron chi connectivity index (χ3n) is 4.07. The Morgan fingerprint density at radius 1 is 1.23 bits per heavy atom. The number of hydrogen-bond donors (Lipinski definition) is 2. The monoisotopic (exact) mass is 490 g/mol. The summed E-state index contributed by atoms with van der Waals surface area (Å²) < 4.78 is 5.25. The Bertz CT molecular complexity index is 681. The van der Waals surface area contributed by atoms with Crippen LogP contribution < -0.4 is 10.6 Å². The molecule has 0 aliphatic carbocycles. The van der Waals surface area contributed by atoms with Gasteiger partial charge in [-0.15, -0.1) is 24.0 Å². The van der Waals surface area contributed by atoms with E-state index in [4.69, 9.17) is 21.1 Å². The molecule has 0 saturated heterocycles. The van der Waals surface area contributed by atoms with E-state index in [0.29, 0.717) is 6.54 Å². The molecule has 1 aromatic carbocycles. The Morgan fingerprint density at radius 2 is 1.92 bits per heavy atom. The summed E-state index contributed by atoms with van der Waals surface area (Å²) in [6, 6.07) is 7.93. The van der Waals surface area contributed by atoms with Gasteiger partial charge in [0.25, 0.3) is 0 Å². The van der Waals surface area contributed by atoms with E-state index in [0.717, 1.165) is 47.5 Å². The van der Waals surface area contributed by atoms with E-state index in [9.17, 15) is 0 Å². The fraction of sp³-hybridized carbons (Fsp3) is 0.474. The van der Waals surface area contributed by atoms with E-state index in [-0.39, 0.29) is 29.9 Å². The molecule has 0 saturated carbocycles. The number of guanidine groups is 1. The fourth-order valence-electron chi connectivity index (χ4n) is 2.83. The molecule has 0 aliphatic rings. The summed E-state index contributed by atoms with van der Waals surface area (Å²) in [5.74, 6) is 1.97. The number of aliphatic imine (C=N–C) groups is 1. The molecule has 1 heterocycles. The van der Waals surface area contributed by atoms with Crippen LogP contribution in [0.1, 0.15) is 42.3 Å². The van der Waals surface area contributed by atoms with Crippen LogP contribution in [-0.2, 0) is 6.42 Å². The van der Waals surface area contributed by atoms with Crippen LogP contribution in [0.5, 0.6) is 0 Å². The van der Waals surface area contributed by atoms with E-state index in [1.807, 2.05) is 38.1 Å². The third kappa shape index (κ3) is 6.79. The maximum absolute atomic E-state index is 5.92. The molecular formula is C19H28ClIN4O. The zero-order chi connectivity index (χ0) is 18.2. The maximum atomic E-state index is 5.92. The molecule has 5 nitrogen and oxygen atoms in total. The zero-order valence-electron chi connectivity index (χ0n) is 15.8. The Hall–Kier alpha value is -1.28. The van der Waals surface area contributed by atoms with Crippen molar-refractivity contribution in [3.63, 3.8) is 0 Å². The summed E-state index contributed by atoms with van der Waals surface area (Å²) in [6.07, 6.45) is 0.918. The number of nitrogens with one attached hydrogen (secondary N) is 2. The highest BCUT2D eigenvalue weighted by Gasteiger charge is 2.16. The van der Waals surface area contributed by atoms with Crippen LogP contribution >= 0.6 is 35.6 Å². The van der Waals surface area contributed by atoms with Crippen LogP contribution in [-0.4, -0.2) is 30.8 Å². The van der Waals surface area contributed by atoms with Gasteiger partial charge in [-0.3, -0.25) is 4.99 Å². The molecule has 0 aliphatic heterocycles. The largest absolute Gasteiger partial charge is 0.361 e. The van der Waals surface area contributed by atoms with Gasteiger partial charge in [0.05, 0.1) is 5.69 Å². The van der Waals surface area contributed by atoms with Crippen LogP contribution in [0, 0.1) is 13.8 Å². The second-order valence-electron chi connectivity index (χ2n) is 6.16. The Labute approximate surface area is 178 Å². The molecule has 144 valence electrons. The first kappa shape index (κ1) is 22.8. The summed E-state index contributed by atoms with van der Waals surface area (Å²) in [7, 11) is 0. The normalized spacial score (nSPS) is 12.4. The number of rotatable bonds is 7. The van der Waals surface area contributed by atoms with Crippen LogP contribution in [0.3, 0.4) is 0 Å². The molecular weight excluding hydrogens is 463 g/mol. The fourth-order valence-corrected chi connectivity index (χ4v) is 2.96. The van der Waals surface area contributed by atoms with Gasteiger partial charge < -0.3 is 15.2 Å². The van der Waals surface area contributed by atoms with Gasteiger partial charge in [0, 0.05) is 36.1 Å². The number of benzene rings is 1. The van der Waals surface area contributed by atoms with Crippen molar-refractivity contribution in [1.29, 1.82) is 0 Å².